The monoisotopic (exact) mass is 340 g/mol. The third kappa shape index (κ3) is 4.66. The molecule has 2 amide bonds. The van der Waals surface area contributed by atoms with E-state index in [4.69, 9.17) is 9.47 Å². The molecule has 0 radical (unpaired) electrons. The zero-order valence-electron chi connectivity index (χ0n) is 14.7. The quantitative estimate of drug-likeness (QED) is 0.845. The van der Waals surface area contributed by atoms with Crippen molar-refractivity contribution in [3.8, 4) is 11.5 Å². The minimum atomic E-state index is -0.170. The van der Waals surface area contributed by atoms with Crippen molar-refractivity contribution in [2.24, 2.45) is 0 Å². The topological polar surface area (TPSA) is 59.6 Å². The fourth-order valence-corrected chi connectivity index (χ4v) is 2.69. The summed E-state index contributed by atoms with van der Waals surface area (Å²) in [5.41, 5.74) is 3.53. The maximum absolute atomic E-state index is 11.9. The molecular weight excluding hydrogens is 316 g/mol. The minimum Gasteiger partial charge on any atom is -0.454 e. The first-order valence-corrected chi connectivity index (χ1v) is 8.61. The van der Waals surface area contributed by atoms with Gasteiger partial charge in [0.1, 0.15) is 0 Å². The summed E-state index contributed by atoms with van der Waals surface area (Å²) >= 11 is 0. The Morgan fingerprint density at radius 3 is 2.48 bits per heavy atom. The summed E-state index contributed by atoms with van der Waals surface area (Å²) in [6.07, 6.45) is 0.815. The van der Waals surface area contributed by atoms with Crippen LogP contribution in [0.3, 0.4) is 0 Å². The minimum absolute atomic E-state index is 0.170. The van der Waals surface area contributed by atoms with Gasteiger partial charge in [-0.15, -0.1) is 0 Å². The van der Waals surface area contributed by atoms with Crippen molar-refractivity contribution in [2.75, 3.05) is 13.3 Å². The van der Waals surface area contributed by atoms with Gasteiger partial charge < -0.3 is 20.1 Å². The Morgan fingerprint density at radius 2 is 1.72 bits per heavy atom. The first kappa shape index (κ1) is 17.1. The van der Waals surface area contributed by atoms with Crippen LogP contribution in [0.1, 0.15) is 36.5 Å². The standard InChI is InChI=1S/C20H24N2O3/c1-14(2)17-6-3-15(4-7-17)9-10-21-20(23)22-12-16-5-8-18-19(11-16)25-13-24-18/h3-8,11,14H,9-10,12-13H2,1-2H3,(H2,21,22,23). The van der Waals surface area contributed by atoms with Crippen LogP contribution in [0, 0.1) is 0 Å². The summed E-state index contributed by atoms with van der Waals surface area (Å²) in [6, 6.07) is 14.1. The van der Waals surface area contributed by atoms with Gasteiger partial charge in [0, 0.05) is 13.1 Å². The van der Waals surface area contributed by atoms with Crippen LogP contribution in [0.4, 0.5) is 4.79 Å². The average Bonchev–Trinajstić information content (AvgIpc) is 3.08. The van der Waals surface area contributed by atoms with Gasteiger partial charge in [0.05, 0.1) is 0 Å². The Labute approximate surface area is 148 Å². The first-order valence-electron chi connectivity index (χ1n) is 8.61. The molecule has 0 saturated heterocycles. The van der Waals surface area contributed by atoms with Crippen LogP contribution in [0.5, 0.6) is 11.5 Å². The van der Waals surface area contributed by atoms with Gasteiger partial charge in [-0.1, -0.05) is 44.2 Å². The van der Waals surface area contributed by atoms with E-state index in [9.17, 15) is 4.79 Å². The number of hydrogen-bond acceptors (Lipinski definition) is 3. The third-order valence-electron chi connectivity index (χ3n) is 4.24. The molecule has 5 heteroatoms. The predicted molar refractivity (Wildman–Crippen MR) is 97.0 cm³/mol. The third-order valence-corrected chi connectivity index (χ3v) is 4.24. The molecule has 0 spiro atoms. The van der Waals surface area contributed by atoms with E-state index in [1.807, 2.05) is 18.2 Å². The fourth-order valence-electron chi connectivity index (χ4n) is 2.69. The van der Waals surface area contributed by atoms with E-state index < -0.39 is 0 Å². The molecule has 0 bridgehead atoms. The van der Waals surface area contributed by atoms with E-state index in [0.29, 0.717) is 19.0 Å². The lowest BCUT2D eigenvalue weighted by atomic mass is 10.0. The van der Waals surface area contributed by atoms with Gasteiger partial charge in [-0.25, -0.2) is 4.79 Å². The SMILES string of the molecule is CC(C)c1ccc(CCNC(=O)NCc2ccc3c(c2)OCO3)cc1. The largest absolute Gasteiger partial charge is 0.454 e. The zero-order chi connectivity index (χ0) is 17.6. The fraction of sp³-hybridized carbons (Fsp3) is 0.350. The Bertz CT molecular complexity index is 726. The number of nitrogens with one attached hydrogen (secondary N) is 2. The Hall–Kier alpha value is -2.69. The molecule has 0 fully saturated rings. The molecule has 0 aliphatic carbocycles. The summed E-state index contributed by atoms with van der Waals surface area (Å²) in [4.78, 5) is 11.9. The van der Waals surface area contributed by atoms with Crippen LogP contribution in [-0.2, 0) is 13.0 Å². The molecule has 1 aliphatic heterocycles. The Balaban J connectivity index is 1.39. The van der Waals surface area contributed by atoms with Gasteiger partial charge in [-0.3, -0.25) is 0 Å². The molecule has 0 aromatic heterocycles. The lowest BCUT2D eigenvalue weighted by molar-refractivity contribution is 0.174. The number of rotatable bonds is 6. The van der Waals surface area contributed by atoms with Gasteiger partial charge >= 0.3 is 6.03 Å². The molecular formula is C20H24N2O3. The molecule has 0 atom stereocenters. The van der Waals surface area contributed by atoms with Gasteiger partial charge in [-0.2, -0.15) is 0 Å². The summed E-state index contributed by atoms with van der Waals surface area (Å²) in [6.45, 7) is 5.67. The second-order valence-corrected chi connectivity index (χ2v) is 6.44. The van der Waals surface area contributed by atoms with E-state index in [-0.39, 0.29) is 12.8 Å². The van der Waals surface area contributed by atoms with Crippen molar-refractivity contribution in [1.82, 2.24) is 10.6 Å². The van der Waals surface area contributed by atoms with Crippen LogP contribution >= 0.6 is 0 Å². The number of urea groups is 1. The van der Waals surface area contributed by atoms with E-state index in [0.717, 1.165) is 23.5 Å². The first-order chi connectivity index (χ1) is 12.1. The van der Waals surface area contributed by atoms with E-state index in [2.05, 4.69) is 48.7 Å². The number of amides is 2. The summed E-state index contributed by atoms with van der Waals surface area (Å²) < 4.78 is 10.6. The Kier molecular flexibility index (Phi) is 5.43. The van der Waals surface area contributed by atoms with Crippen molar-refractivity contribution in [2.45, 2.75) is 32.7 Å². The molecule has 2 N–H and O–H groups in total. The number of ether oxygens (including phenoxy) is 2. The van der Waals surface area contributed by atoms with E-state index in [1.165, 1.54) is 11.1 Å². The highest BCUT2D eigenvalue weighted by atomic mass is 16.7. The van der Waals surface area contributed by atoms with Crippen molar-refractivity contribution >= 4 is 6.03 Å². The van der Waals surface area contributed by atoms with Crippen molar-refractivity contribution in [3.05, 3.63) is 59.2 Å². The number of carbonyl (C=O) groups excluding carboxylic acids is 1. The van der Waals surface area contributed by atoms with E-state index >= 15 is 0 Å². The maximum Gasteiger partial charge on any atom is 0.315 e. The lowest BCUT2D eigenvalue weighted by Crippen LogP contribution is -2.36. The second kappa shape index (κ2) is 7.92. The van der Waals surface area contributed by atoms with Crippen molar-refractivity contribution < 1.29 is 14.3 Å². The molecule has 25 heavy (non-hydrogen) atoms. The molecule has 3 rings (SSSR count). The highest BCUT2D eigenvalue weighted by Gasteiger charge is 2.13. The normalized spacial score (nSPS) is 12.3. The van der Waals surface area contributed by atoms with E-state index in [1.54, 1.807) is 0 Å². The molecule has 2 aromatic carbocycles. The predicted octanol–water partition coefficient (Wildman–Crippen LogP) is 3.58. The van der Waals surface area contributed by atoms with Crippen LogP contribution < -0.4 is 20.1 Å². The maximum atomic E-state index is 11.9. The molecule has 132 valence electrons. The van der Waals surface area contributed by atoms with Crippen LogP contribution in [0.25, 0.3) is 0 Å². The Morgan fingerprint density at radius 1 is 1.00 bits per heavy atom. The molecule has 1 aliphatic rings. The summed E-state index contributed by atoms with van der Waals surface area (Å²) in [7, 11) is 0. The van der Waals surface area contributed by atoms with Gasteiger partial charge in [0.2, 0.25) is 6.79 Å². The number of benzene rings is 2. The summed E-state index contributed by atoms with van der Waals surface area (Å²) in [5.74, 6) is 2.01. The van der Waals surface area contributed by atoms with Crippen molar-refractivity contribution in [1.29, 1.82) is 0 Å². The van der Waals surface area contributed by atoms with Gasteiger partial charge in [-0.05, 0) is 41.2 Å². The highest BCUT2D eigenvalue weighted by Crippen LogP contribution is 2.32. The molecule has 2 aromatic rings. The molecule has 1 heterocycles. The van der Waals surface area contributed by atoms with Crippen LogP contribution in [-0.4, -0.2) is 19.4 Å². The van der Waals surface area contributed by atoms with Crippen molar-refractivity contribution in [3.63, 3.8) is 0 Å². The molecule has 0 unspecified atom stereocenters. The molecule has 5 nitrogen and oxygen atoms in total. The lowest BCUT2D eigenvalue weighted by Gasteiger charge is -2.09. The number of hydrogen-bond donors (Lipinski definition) is 2. The van der Waals surface area contributed by atoms with Crippen LogP contribution in [0.15, 0.2) is 42.5 Å². The van der Waals surface area contributed by atoms with Gasteiger partial charge in [0.25, 0.3) is 0 Å². The number of fused-ring (bicyclic) bond motifs is 1. The van der Waals surface area contributed by atoms with Crippen LogP contribution in [0.2, 0.25) is 0 Å². The molecule has 0 saturated carbocycles. The number of carbonyl (C=O) groups is 1. The smallest absolute Gasteiger partial charge is 0.315 e. The van der Waals surface area contributed by atoms with Gasteiger partial charge in [0.15, 0.2) is 11.5 Å². The average molecular weight is 340 g/mol. The summed E-state index contributed by atoms with van der Waals surface area (Å²) in [5, 5.41) is 5.74. The second-order valence-electron chi connectivity index (χ2n) is 6.44. The highest BCUT2D eigenvalue weighted by molar-refractivity contribution is 5.73. The zero-order valence-corrected chi connectivity index (χ0v) is 14.7.